The van der Waals surface area contributed by atoms with Crippen LogP contribution >= 0.6 is 11.6 Å². The Morgan fingerprint density at radius 1 is 1.17 bits per heavy atom. The zero-order chi connectivity index (χ0) is 20.8. The zero-order valence-electron chi connectivity index (χ0n) is 15.8. The van der Waals surface area contributed by atoms with Gasteiger partial charge in [0.15, 0.2) is 6.61 Å². The third-order valence-electron chi connectivity index (χ3n) is 3.69. The lowest BCUT2D eigenvalue weighted by Gasteiger charge is -2.12. The maximum Gasteiger partial charge on any atom is 0.338 e. The lowest BCUT2D eigenvalue weighted by molar-refractivity contribution is -0.119. The van der Waals surface area contributed by atoms with Gasteiger partial charge in [0, 0.05) is 5.02 Å². The number of rotatable bonds is 7. The van der Waals surface area contributed by atoms with Crippen LogP contribution in [0.2, 0.25) is 5.02 Å². The van der Waals surface area contributed by atoms with Crippen molar-refractivity contribution < 1.29 is 19.1 Å². The van der Waals surface area contributed by atoms with E-state index in [1.807, 2.05) is 13.8 Å². The third kappa shape index (κ3) is 5.55. The number of esters is 1. The first-order valence-electron chi connectivity index (χ1n) is 8.80. The Labute approximate surface area is 172 Å². The van der Waals surface area contributed by atoms with Gasteiger partial charge in [0.25, 0.3) is 5.91 Å². The first-order valence-corrected chi connectivity index (χ1v) is 9.18. The molecule has 3 aromatic rings. The molecule has 0 atom stereocenters. The Balaban J connectivity index is 1.60. The first kappa shape index (κ1) is 20.3. The van der Waals surface area contributed by atoms with Crippen molar-refractivity contribution in [2.24, 2.45) is 0 Å². The highest BCUT2D eigenvalue weighted by atomic mass is 35.5. The predicted octanol–water partition coefficient (Wildman–Crippen LogP) is 3.50. The number of aromatic nitrogens is 3. The number of hydrogen-bond donors (Lipinski definition) is 1. The molecule has 9 heteroatoms. The number of amides is 1. The van der Waals surface area contributed by atoms with Crippen molar-refractivity contribution in [3.63, 3.8) is 0 Å². The van der Waals surface area contributed by atoms with E-state index in [1.54, 1.807) is 42.5 Å². The number of ether oxygens (including phenoxy) is 2. The van der Waals surface area contributed by atoms with Crippen LogP contribution in [0.1, 0.15) is 24.2 Å². The Morgan fingerprint density at radius 3 is 2.59 bits per heavy atom. The van der Waals surface area contributed by atoms with Crippen molar-refractivity contribution >= 4 is 29.2 Å². The molecule has 0 saturated carbocycles. The van der Waals surface area contributed by atoms with Crippen LogP contribution in [-0.2, 0) is 9.53 Å². The number of hydrogen-bond acceptors (Lipinski definition) is 6. The molecule has 2 aromatic carbocycles. The van der Waals surface area contributed by atoms with Gasteiger partial charge in [-0.15, -0.1) is 0 Å². The number of nitrogens with one attached hydrogen (secondary N) is 1. The molecule has 0 saturated heterocycles. The van der Waals surface area contributed by atoms with E-state index in [-0.39, 0.29) is 6.10 Å². The normalized spacial score (nSPS) is 10.6. The van der Waals surface area contributed by atoms with Crippen LogP contribution in [-0.4, -0.2) is 39.4 Å². The van der Waals surface area contributed by atoms with Crippen LogP contribution in [0.4, 0.5) is 5.69 Å². The minimum atomic E-state index is -0.612. The van der Waals surface area contributed by atoms with Gasteiger partial charge < -0.3 is 14.8 Å². The number of carbonyl (C=O) groups is 2. The Kier molecular flexibility index (Phi) is 6.46. The molecular weight excluding hydrogens is 396 g/mol. The molecule has 0 radical (unpaired) electrons. The Hall–Kier alpha value is -3.39. The number of carbonyl (C=O) groups excluding carboxylic acids is 2. The van der Waals surface area contributed by atoms with E-state index >= 15 is 0 Å². The molecule has 1 heterocycles. The molecule has 0 spiro atoms. The van der Waals surface area contributed by atoms with Gasteiger partial charge >= 0.3 is 5.97 Å². The van der Waals surface area contributed by atoms with Crippen LogP contribution in [0.3, 0.4) is 0 Å². The Morgan fingerprint density at radius 2 is 1.93 bits per heavy atom. The highest BCUT2D eigenvalue weighted by Gasteiger charge is 2.14. The average molecular weight is 415 g/mol. The van der Waals surface area contributed by atoms with Crippen LogP contribution in [0, 0.1) is 0 Å². The van der Waals surface area contributed by atoms with E-state index in [9.17, 15) is 9.59 Å². The monoisotopic (exact) mass is 414 g/mol. The molecule has 8 nitrogen and oxygen atoms in total. The van der Waals surface area contributed by atoms with Gasteiger partial charge in [-0.3, -0.25) is 4.79 Å². The summed E-state index contributed by atoms with van der Waals surface area (Å²) in [6.45, 7) is 3.37. The van der Waals surface area contributed by atoms with Gasteiger partial charge in [0.05, 0.1) is 23.0 Å². The second-order valence-corrected chi connectivity index (χ2v) is 6.75. The summed E-state index contributed by atoms with van der Waals surface area (Å²) in [4.78, 5) is 28.3. The van der Waals surface area contributed by atoms with Crippen molar-refractivity contribution in [1.82, 2.24) is 14.8 Å². The van der Waals surface area contributed by atoms with Gasteiger partial charge in [0.1, 0.15) is 18.4 Å². The lowest BCUT2D eigenvalue weighted by Crippen LogP contribution is -2.21. The largest absolute Gasteiger partial charge is 0.491 e. The van der Waals surface area contributed by atoms with Gasteiger partial charge in [-0.1, -0.05) is 11.6 Å². The van der Waals surface area contributed by atoms with E-state index in [4.69, 9.17) is 21.1 Å². The van der Waals surface area contributed by atoms with E-state index in [0.717, 1.165) is 0 Å². The summed E-state index contributed by atoms with van der Waals surface area (Å²) in [6, 6.07) is 11.4. The average Bonchev–Trinajstić information content (AvgIpc) is 3.21. The smallest absolute Gasteiger partial charge is 0.338 e. The molecular formula is C20H19ClN4O4. The molecule has 1 N–H and O–H groups in total. The fourth-order valence-corrected chi connectivity index (χ4v) is 2.66. The van der Waals surface area contributed by atoms with Crippen molar-refractivity contribution in [3.8, 4) is 11.4 Å². The van der Waals surface area contributed by atoms with E-state index in [2.05, 4.69) is 15.4 Å². The van der Waals surface area contributed by atoms with E-state index in [1.165, 1.54) is 17.3 Å². The summed E-state index contributed by atoms with van der Waals surface area (Å²) in [7, 11) is 0. The maximum absolute atomic E-state index is 12.3. The highest BCUT2D eigenvalue weighted by molar-refractivity contribution is 6.31. The Bertz CT molecular complexity index is 988. The fourth-order valence-electron chi connectivity index (χ4n) is 2.48. The molecule has 150 valence electrons. The van der Waals surface area contributed by atoms with Crippen LogP contribution in [0.15, 0.2) is 55.1 Å². The molecule has 1 amide bonds. The molecule has 0 aliphatic carbocycles. The molecule has 1 aromatic heterocycles. The SMILES string of the molecule is CC(C)Oc1ccc(C(=O)OCC(=O)Nc2cc(Cl)ccc2-n2cncn2)cc1. The fraction of sp³-hybridized carbons (Fsp3) is 0.200. The van der Waals surface area contributed by atoms with Crippen LogP contribution in [0.5, 0.6) is 5.75 Å². The molecule has 0 unspecified atom stereocenters. The molecule has 3 rings (SSSR count). The summed E-state index contributed by atoms with van der Waals surface area (Å²) in [5.41, 5.74) is 1.31. The first-order chi connectivity index (χ1) is 13.9. The predicted molar refractivity (Wildman–Crippen MR) is 107 cm³/mol. The third-order valence-corrected chi connectivity index (χ3v) is 3.93. The molecule has 0 bridgehead atoms. The maximum atomic E-state index is 12.3. The second-order valence-electron chi connectivity index (χ2n) is 6.32. The minimum absolute atomic E-state index is 0.0328. The zero-order valence-corrected chi connectivity index (χ0v) is 16.6. The summed E-state index contributed by atoms with van der Waals surface area (Å²) < 4.78 is 12.1. The second kappa shape index (κ2) is 9.20. The van der Waals surface area contributed by atoms with Crippen LogP contribution in [0.25, 0.3) is 5.69 Å². The lowest BCUT2D eigenvalue weighted by atomic mass is 10.2. The van der Waals surface area contributed by atoms with Crippen LogP contribution < -0.4 is 10.1 Å². The summed E-state index contributed by atoms with van der Waals surface area (Å²) in [5, 5.41) is 7.14. The number of benzene rings is 2. The van der Waals surface area contributed by atoms with Gasteiger partial charge in [0.2, 0.25) is 0 Å². The standard InChI is InChI=1S/C20H19ClN4O4/c1-13(2)29-16-6-3-14(4-7-16)20(27)28-10-19(26)24-17-9-15(21)5-8-18(17)25-12-22-11-23-25/h3-9,11-13H,10H2,1-2H3,(H,24,26). The van der Waals surface area contributed by atoms with E-state index in [0.29, 0.717) is 27.7 Å². The summed E-state index contributed by atoms with van der Waals surface area (Å²) in [5.74, 6) is -0.475. The van der Waals surface area contributed by atoms with Crippen molar-refractivity contribution in [2.75, 3.05) is 11.9 Å². The van der Waals surface area contributed by atoms with Crippen molar-refractivity contribution in [1.29, 1.82) is 0 Å². The topological polar surface area (TPSA) is 95.3 Å². The quantitative estimate of drug-likeness (QED) is 0.594. The van der Waals surface area contributed by atoms with Gasteiger partial charge in [-0.25, -0.2) is 14.5 Å². The molecule has 0 aliphatic rings. The van der Waals surface area contributed by atoms with Crippen molar-refractivity contribution in [2.45, 2.75) is 20.0 Å². The molecule has 29 heavy (non-hydrogen) atoms. The molecule has 0 fully saturated rings. The van der Waals surface area contributed by atoms with Crippen molar-refractivity contribution in [3.05, 3.63) is 65.7 Å². The number of nitrogens with zero attached hydrogens (tertiary/aromatic N) is 3. The number of anilines is 1. The van der Waals surface area contributed by atoms with Gasteiger partial charge in [-0.2, -0.15) is 5.10 Å². The van der Waals surface area contributed by atoms with E-state index < -0.39 is 18.5 Å². The minimum Gasteiger partial charge on any atom is -0.491 e. The van der Waals surface area contributed by atoms with Gasteiger partial charge in [-0.05, 0) is 56.3 Å². The summed E-state index contributed by atoms with van der Waals surface area (Å²) >= 11 is 6.02. The summed E-state index contributed by atoms with van der Waals surface area (Å²) in [6.07, 6.45) is 2.90. The number of halogens is 1. The molecule has 0 aliphatic heterocycles. The highest BCUT2D eigenvalue weighted by Crippen LogP contribution is 2.24.